The van der Waals surface area contributed by atoms with Gasteiger partial charge in [-0.2, -0.15) is 5.10 Å². The smallest absolute Gasteiger partial charge is 0.211 e. The topological polar surface area (TPSA) is 29.6 Å². The van der Waals surface area contributed by atoms with Crippen LogP contribution < -0.4 is 4.80 Å². The van der Waals surface area contributed by atoms with Crippen LogP contribution in [0.3, 0.4) is 0 Å². The monoisotopic (exact) mass is 319 g/mol. The van der Waals surface area contributed by atoms with Crippen molar-refractivity contribution in [3.63, 3.8) is 0 Å². The molecule has 0 N–H and O–H groups in total. The maximum Gasteiger partial charge on any atom is 0.211 e. The quantitative estimate of drug-likeness (QED) is 0.505. The van der Waals surface area contributed by atoms with Gasteiger partial charge in [0.1, 0.15) is 5.82 Å². The normalized spacial score (nSPS) is 12.6. The van der Waals surface area contributed by atoms with Gasteiger partial charge in [0.15, 0.2) is 0 Å². The van der Waals surface area contributed by atoms with E-state index in [0.717, 1.165) is 15.0 Å². The van der Waals surface area contributed by atoms with Crippen molar-refractivity contribution in [1.29, 1.82) is 0 Å². The number of hydrogen-bond donors (Lipinski definition) is 0. The van der Waals surface area contributed by atoms with Gasteiger partial charge in [-0.3, -0.25) is 0 Å². The highest BCUT2D eigenvalue weighted by Crippen LogP contribution is 2.17. The molecule has 0 radical (unpaired) electrons. The Morgan fingerprint density at radius 3 is 2.76 bits per heavy atom. The predicted molar refractivity (Wildman–Crippen MR) is 85.4 cm³/mol. The molecule has 0 aliphatic rings. The number of rotatable bonds is 2. The van der Waals surface area contributed by atoms with Crippen molar-refractivity contribution in [2.75, 3.05) is 0 Å². The minimum Gasteiger partial charge on any atom is -0.318 e. The predicted octanol–water partition coefficient (Wildman–Crippen LogP) is 3.97. The van der Waals surface area contributed by atoms with Gasteiger partial charge in [0.05, 0.1) is 21.5 Å². The molecule has 0 saturated heterocycles. The molecule has 0 unspecified atom stereocenters. The lowest BCUT2D eigenvalue weighted by molar-refractivity contribution is 0.626. The summed E-state index contributed by atoms with van der Waals surface area (Å²) in [6, 6.07) is 12.5. The van der Waals surface area contributed by atoms with Gasteiger partial charge >= 0.3 is 0 Å². The lowest BCUT2D eigenvalue weighted by Crippen LogP contribution is -2.08. The van der Waals surface area contributed by atoms with Crippen molar-refractivity contribution in [1.82, 2.24) is 4.57 Å². The van der Waals surface area contributed by atoms with Crippen molar-refractivity contribution < 1.29 is 4.39 Å². The van der Waals surface area contributed by atoms with E-state index >= 15 is 0 Å². The van der Waals surface area contributed by atoms with Crippen LogP contribution in [0.5, 0.6) is 0 Å². The Balaban J connectivity index is 2.02. The maximum atomic E-state index is 13.6. The maximum absolute atomic E-state index is 13.6. The largest absolute Gasteiger partial charge is 0.318 e. The summed E-state index contributed by atoms with van der Waals surface area (Å²) in [4.78, 5) is 0.736. The fourth-order valence-electron chi connectivity index (χ4n) is 1.95. The zero-order valence-corrected chi connectivity index (χ0v) is 12.7. The SMILES string of the molecule is Cn1/c(=N\N=C/c2c(F)cccc2Cl)sc2ccccc21. The number of aromatic nitrogens is 1. The molecule has 0 aliphatic heterocycles. The number of para-hydroxylation sites is 1. The van der Waals surface area contributed by atoms with Crippen molar-refractivity contribution in [3.8, 4) is 0 Å². The molecule has 21 heavy (non-hydrogen) atoms. The summed E-state index contributed by atoms with van der Waals surface area (Å²) in [5.41, 5.74) is 1.33. The Morgan fingerprint density at radius 1 is 1.19 bits per heavy atom. The Hall–Kier alpha value is -1.98. The van der Waals surface area contributed by atoms with Crippen LogP contribution in [0.1, 0.15) is 5.56 Å². The van der Waals surface area contributed by atoms with E-state index in [0.29, 0.717) is 5.02 Å². The van der Waals surface area contributed by atoms with Crippen LogP contribution in [0, 0.1) is 5.82 Å². The van der Waals surface area contributed by atoms with Gasteiger partial charge in [0.2, 0.25) is 4.80 Å². The van der Waals surface area contributed by atoms with E-state index in [1.807, 2.05) is 35.9 Å². The zero-order valence-electron chi connectivity index (χ0n) is 11.1. The fourth-order valence-corrected chi connectivity index (χ4v) is 3.14. The molecular formula is C15H11ClFN3S. The average molecular weight is 320 g/mol. The molecule has 1 aromatic heterocycles. The third kappa shape index (κ3) is 2.75. The van der Waals surface area contributed by atoms with Crippen molar-refractivity contribution in [2.45, 2.75) is 0 Å². The summed E-state index contributed by atoms with van der Waals surface area (Å²) in [6.45, 7) is 0. The van der Waals surface area contributed by atoms with Crippen LogP contribution in [-0.4, -0.2) is 10.8 Å². The van der Waals surface area contributed by atoms with E-state index in [9.17, 15) is 4.39 Å². The number of hydrogen-bond acceptors (Lipinski definition) is 3. The van der Waals surface area contributed by atoms with Gasteiger partial charge in [-0.15, -0.1) is 5.10 Å². The van der Waals surface area contributed by atoms with E-state index in [2.05, 4.69) is 10.2 Å². The summed E-state index contributed by atoms with van der Waals surface area (Å²) in [5, 5.41) is 8.42. The van der Waals surface area contributed by atoms with Gasteiger partial charge in [-0.05, 0) is 24.3 Å². The van der Waals surface area contributed by atoms with Gasteiger partial charge in [0.25, 0.3) is 0 Å². The molecule has 3 rings (SSSR count). The summed E-state index contributed by atoms with van der Waals surface area (Å²) in [7, 11) is 1.92. The number of thiazole rings is 1. The molecule has 2 aromatic carbocycles. The number of nitrogens with zero attached hydrogens (tertiary/aromatic N) is 3. The first-order valence-corrected chi connectivity index (χ1v) is 7.42. The number of benzene rings is 2. The molecule has 3 nitrogen and oxygen atoms in total. The van der Waals surface area contributed by atoms with Gasteiger partial charge < -0.3 is 4.57 Å². The molecule has 0 aliphatic carbocycles. The van der Waals surface area contributed by atoms with Crippen LogP contribution in [0.2, 0.25) is 5.02 Å². The van der Waals surface area contributed by atoms with Crippen LogP contribution in [0.25, 0.3) is 10.2 Å². The van der Waals surface area contributed by atoms with Crippen LogP contribution in [0.15, 0.2) is 52.7 Å². The van der Waals surface area contributed by atoms with E-state index in [1.54, 1.807) is 12.1 Å². The molecule has 0 amide bonds. The van der Waals surface area contributed by atoms with Gasteiger partial charge in [-0.1, -0.05) is 41.1 Å². The minimum absolute atomic E-state index is 0.242. The molecule has 3 aromatic rings. The summed E-state index contributed by atoms with van der Waals surface area (Å²) >= 11 is 7.45. The standard InChI is InChI=1S/C15H11ClFN3S/c1-20-13-7-2-3-8-14(13)21-15(20)19-18-9-10-11(16)5-4-6-12(10)17/h2-9H,1H3/b18-9-,19-15+. The second-order valence-corrected chi connectivity index (χ2v) is 5.81. The number of aryl methyl sites for hydroxylation is 1. The number of fused-ring (bicyclic) bond motifs is 1. The van der Waals surface area contributed by atoms with E-state index in [-0.39, 0.29) is 5.56 Å². The average Bonchev–Trinajstić information content (AvgIpc) is 2.79. The second kappa shape index (κ2) is 5.79. The Bertz CT molecular complexity index is 875. The lowest BCUT2D eigenvalue weighted by Gasteiger charge is -1.97. The van der Waals surface area contributed by atoms with E-state index in [1.165, 1.54) is 23.6 Å². The first-order chi connectivity index (χ1) is 10.2. The molecule has 0 saturated carbocycles. The first kappa shape index (κ1) is 14.0. The molecule has 1 heterocycles. The molecule has 6 heteroatoms. The third-order valence-electron chi connectivity index (χ3n) is 3.04. The van der Waals surface area contributed by atoms with Crippen LogP contribution in [-0.2, 0) is 7.05 Å². The fraction of sp³-hybridized carbons (Fsp3) is 0.0667. The van der Waals surface area contributed by atoms with Crippen molar-refractivity contribution >= 4 is 39.4 Å². The minimum atomic E-state index is -0.415. The van der Waals surface area contributed by atoms with Crippen molar-refractivity contribution in [2.24, 2.45) is 17.3 Å². The first-order valence-electron chi connectivity index (χ1n) is 6.22. The second-order valence-electron chi connectivity index (χ2n) is 4.39. The number of halogens is 2. The molecular weight excluding hydrogens is 309 g/mol. The molecule has 0 fully saturated rings. The van der Waals surface area contributed by atoms with E-state index < -0.39 is 5.82 Å². The van der Waals surface area contributed by atoms with Crippen molar-refractivity contribution in [3.05, 3.63) is 63.7 Å². The van der Waals surface area contributed by atoms with Gasteiger partial charge in [0, 0.05) is 12.6 Å². The van der Waals surface area contributed by atoms with Crippen LogP contribution in [0.4, 0.5) is 4.39 Å². The molecule has 0 atom stereocenters. The molecule has 0 bridgehead atoms. The Morgan fingerprint density at radius 2 is 2.00 bits per heavy atom. The zero-order chi connectivity index (χ0) is 14.8. The molecule has 106 valence electrons. The van der Waals surface area contributed by atoms with Gasteiger partial charge in [-0.25, -0.2) is 4.39 Å². The Labute approximate surface area is 129 Å². The van der Waals surface area contributed by atoms with E-state index in [4.69, 9.17) is 11.6 Å². The lowest BCUT2D eigenvalue weighted by atomic mass is 10.2. The summed E-state index contributed by atoms with van der Waals surface area (Å²) in [5.74, 6) is -0.415. The third-order valence-corrected chi connectivity index (χ3v) is 4.48. The highest BCUT2D eigenvalue weighted by molar-refractivity contribution is 7.16. The highest BCUT2D eigenvalue weighted by atomic mass is 35.5. The summed E-state index contributed by atoms with van der Waals surface area (Å²) in [6.07, 6.45) is 1.34. The molecule has 0 spiro atoms. The summed E-state index contributed by atoms with van der Waals surface area (Å²) < 4.78 is 16.7. The highest BCUT2D eigenvalue weighted by Gasteiger charge is 2.03. The van der Waals surface area contributed by atoms with Crippen LogP contribution >= 0.6 is 22.9 Å². The Kier molecular flexibility index (Phi) is 3.86.